The first-order valence-electron chi connectivity index (χ1n) is 4.76. The zero-order chi connectivity index (χ0) is 11.4. The molecule has 0 N–H and O–H groups in total. The third-order valence-corrected chi connectivity index (χ3v) is 2.15. The molecule has 0 unspecified atom stereocenters. The van der Waals surface area contributed by atoms with Gasteiger partial charge < -0.3 is 4.74 Å². The Kier molecular flexibility index (Phi) is 2.91. The zero-order valence-electron chi connectivity index (χ0n) is 8.75. The van der Waals surface area contributed by atoms with E-state index in [9.17, 15) is 4.79 Å². The van der Waals surface area contributed by atoms with Crippen molar-refractivity contribution >= 4 is 6.29 Å². The van der Waals surface area contributed by atoms with Crippen molar-refractivity contribution in [2.24, 2.45) is 0 Å². The number of carbonyl (C=O) groups excluding carboxylic acids is 1. The van der Waals surface area contributed by atoms with E-state index in [1.54, 1.807) is 19.4 Å². The van der Waals surface area contributed by atoms with Crippen LogP contribution in [0.4, 0.5) is 0 Å². The van der Waals surface area contributed by atoms with Gasteiger partial charge in [-0.3, -0.25) is 4.79 Å². The van der Waals surface area contributed by atoms with Crippen molar-refractivity contribution in [3.63, 3.8) is 0 Å². The van der Waals surface area contributed by atoms with Crippen molar-refractivity contribution in [1.82, 2.24) is 9.97 Å². The fraction of sp³-hybridized carbons (Fsp3) is 0.0833. The summed E-state index contributed by atoms with van der Waals surface area (Å²) in [6, 6.07) is 9.24. The summed E-state index contributed by atoms with van der Waals surface area (Å²) in [5.41, 5.74) is 1.60. The minimum absolute atomic E-state index is 0.181. The maximum atomic E-state index is 10.6. The number of carbonyl (C=O) groups is 1. The molecular weight excluding hydrogens is 204 g/mol. The Morgan fingerprint density at radius 1 is 1.31 bits per heavy atom. The van der Waals surface area contributed by atoms with Crippen LogP contribution in [0, 0.1) is 0 Å². The van der Waals surface area contributed by atoms with Gasteiger partial charge in [0.25, 0.3) is 0 Å². The molecule has 0 amide bonds. The summed E-state index contributed by atoms with van der Waals surface area (Å²) in [5.74, 6) is 0.934. The van der Waals surface area contributed by atoms with Gasteiger partial charge in [0, 0.05) is 11.8 Å². The van der Waals surface area contributed by atoms with Crippen molar-refractivity contribution in [2.45, 2.75) is 0 Å². The minimum Gasteiger partial charge on any atom is -0.497 e. The Hall–Kier alpha value is -2.23. The molecule has 4 nitrogen and oxygen atoms in total. The van der Waals surface area contributed by atoms with Crippen molar-refractivity contribution in [3.05, 3.63) is 42.4 Å². The Morgan fingerprint density at radius 2 is 2.19 bits per heavy atom. The van der Waals surface area contributed by atoms with Gasteiger partial charge in [-0.05, 0) is 18.2 Å². The second-order valence-corrected chi connectivity index (χ2v) is 3.15. The lowest BCUT2D eigenvalue weighted by molar-refractivity contribution is 0.111. The van der Waals surface area contributed by atoms with Gasteiger partial charge in [0.15, 0.2) is 12.1 Å². The van der Waals surface area contributed by atoms with Gasteiger partial charge in [-0.2, -0.15) is 0 Å². The number of hydrogen-bond donors (Lipinski definition) is 0. The Labute approximate surface area is 92.9 Å². The molecule has 4 heteroatoms. The van der Waals surface area contributed by atoms with Crippen LogP contribution in [0.1, 0.15) is 10.6 Å². The maximum Gasteiger partial charge on any atom is 0.193 e. The minimum atomic E-state index is 0.181. The molecule has 0 atom stereocenters. The highest BCUT2D eigenvalue weighted by Crippen LogP contribution is 2.21. The van der Waals surface area contributed by atoms with Gasteiger partial charge in [-0.1, -0.05) is 12.1 Å². The Bertz CT molecular complexity index is 512. The Morgan fingerprint density at radius 3 is 2.94 bits per heavy atom. The SMILES string of the molecule is COc1cccc(-c2ccnc(C=O)n2)c1. The predicted octanol–water partition coefficient (Wildman–Crippen LogP) is 1.96. The van der Waals surface area contributed by atoms with Gasteiger partial charge in [0.2, 0.25) is 0 Å². The molecule has 0 bridgehead atoms. The quantitative estimate of drug-likeness (QED) is 0.733. The van der Waals surface area contributed by atoms with E-state index in [1.807, 2.05) is 24.3 Å². The van der Waals surface area contributed by atoms with Gasteiger partial charge in [-0.25, -0.2) is 9.97 Å². The second kappa shape index (κ2) is 4.53. The number of rotatable bonds is 3. The number of nitrogens with zero attached hydrogens (tertiary/aromatic N) is 2. The lowest BCUT2D eigenvalue weighted by Gasteiger charge is -2.03. The van der Waals surface area contributed by atoms with Crippen LogP contribution in [0.15, 0.2) is 36.5 Å². The van der Waals surface area contributed by atoms with E-state index in [0.29, 0.717) is 12.0 Å². The van der Waals surface area contributed by atoms with Crippen molar-refractivity contribution in [1.29, 1.82) is 0 Å². The summed E-state index contributed by atoms with van der Waals surface area (Å²) in [6.07, 6.45) is 2.19. The van der Waals surface area contributed by atoms with E-state index < -0.39 is 0 Å². The lowest BCUT2D eigenvalue weighted by atomic mass is 10.1. The lowest BCUT2D eigenvalue weighted by Crippen LogP contribution is -1.94. The highest BCUT2D eigenvalue weighted by molar-refractivity contribution is 5.71. The topological polar surface area (TPSA) is 52.1 Å². The number of ether oxygens (including phenoxy) is 1. The highest BCUT2D eigenvalue weighted by atomic mass is 16.5. The van der Waals surface area contributed by atoms with Gasteiger partial charge in [0.05, 0.1) is 12.8 Å². The standard InChI is InChI=1S/C12H10N2O2/c1-16-10-4-2-3-9(7-10)11-5-6-13-12(8-15)14-11/h2-8H,1H3. The van der Waals surface area contributed by atoms with Gasteiger partial charge in [-0.15, -0.1) is 0 Å². The van der Waals surface area contributed by atoms with E-state index in [4.69, 9.17) is 4.74 Å². The van der Waals surface area contributed by atoms with Crippen LogP contribution in [-0.2, 0) is 0 Å². The van der Waals surface area contributed by atoms with E-state index in [1.165, 1.54) is 0 Å². The first-order chi connectivity index (χ1) is 7.83. The molecule has 0 spiro atoms. The molecule has 1 aromatic carbocycles. The van der Waals surface area contributed by atoms with E-state index >= 15 is 0 Å². The average molecular weight is 214 g/mol. The third-order valence-electron chi connectivity index (χ3n) is 2.15. The summed E-state index contributed by atoms with van der Waals surface area (Å²) in [5, 5.41) is 0. The normalized spacial score (nSPS) is 9.81. The molecule has 80 valence electrons. The summed E-state index contributed by atoms with van der Waals surface area (Å²) in [4.78, 5) is 18.5. The molecule has 0 aliphatic heterocycles. The van der Waals surface area contributed by atoms with Gasteiger partial charge in [0.1, 0.15) is 5.75 Å². The van der Waals surface area contributed by atoms with E-state index in [0.717, 1.165) is 11.3 Å². The smallest absolute Gasteiger partial charge is 0.193 e. The predicted molar refractivity (Wildman–Crippen MR) is 59.4 cm³/mol. The monoisotopic (exact) mass is 214 g/mol. The molecule has 0 saturated carbocycles. The van der Waals surface area contributed by atoms with E-state index in [-0.39, 0.29) is 5.82 Å². The summed E-state index contributed by atoms with van der Waals surface area (Å²) in [7, 11) is 1.61. The molecule has 2 aromatic rings. The van der Waals surface area contributed by atoms with Crippen LogP contribution in [0.25, 0.3) is 11.3 Å². The molecule has 1 aromatic heterocycles. The number of methoxy groups -OCH3 is 1. The first-order valence-corrected chi connectivity index (χ1v) is 4.76. The van der Waals surface area contributed by atoms with Crippen LogP contribution >= 0.6 is 0 Å². The second-order valence-electron chi connectivity index (χ2n) is 3.15. The molecule has 0 radical (unpaired) electrons. The number of hydrogen-bond acceptors (Lipinski definition) is 4. The van der Waals surface area contributed by atoms with Crippen LogP contribution < -0.4 is 4.74 Å². The average Bonchev–Trinajstić information content (AvgIpc) is 2.39. The van der Waals surface area contributed by atoms with Crippen LogP contribution in [0.5, 0.6) is 5.75 Å². The molecular formula is C12H10N2O2. The Balaban J connectivity index is 2.45. The first kappa shape index (κ1) is 10.3. The maximum absolute atomic E-state index is 10.6. The number of aromatic nitrogens is 2. The molecule has 16 heavy (non-hydrogen) atoms. The van der Waals surface area contributed by atoms with Crippen molar-refractivity contribution in [3.8, 4) is 17.0 Å². The van der Waals surface area contributed by atoms with Crippen LogP contribution in [0.2, 0.25) is 0 Å². The highest BCUT2D eigenvalue weighted by Gasteiger charge is 2.02. The summed E-state index contributed by atoms with van der Waals surface area (Å²) >= 11 is 0. The molecule has 0 fully saturated rings. The molecule has 2 rings (SSSR count). The van der Waals surface area contributed by atoms with Crippen molar-refractivity contribution in [2.75, 3.05) is 7.11 Å². The van der Waals surface area contributed by atoms with Crippen molar-refractivity contribution < 1.29 is 9.53 Å². The summed E-state index contributed by atoms with van der Waals surface area (Å²) in [6.45, 7) is 0. The third kappa shape index (κ3) is 2.06. The largest absolute Gasteiger partial charge is 0.497 e. The zero-order valence-corrected chi connectivity index (χ0v) is 8.75. The molecule has 0 aliphatic rings. The molecule has 0 saturated heterocycles. The van der Waals surface area contributed by atoms with Crippen LogP contribution in [-0.4, -0.2) is 23.4 Å². The molecule has 1 heterocycles. The van der Waals surface area contributed by atoms with Crippen LogP contribution in [0.3, 0.4) is 0 Å². The fourth-order valence-corrected chi connectivity index (χ4v) is 1.37. The summed E-state index contributed by atoms with van der Waals surface area (Å²) < 4.78 is 5.12. The number of benzene rings is 1. The van der Waals surface area contributed by atoms with E-state index in [2.05, 4.69) is 9.97 Å². The number of aldehydes is 1. The molecule has 0 aliphatic carbocycles. The fourth-order valence-electron chi connectivity index (χ4n) is 1.37. The van der Waals surface area contributed by atoms with Gasteiger partial charge >= 0.3 is 0 Å².